The van der Waals surface area contributed by atoms with Gasteiger partial charge in [-0.1, -0.05) is 75.4 Å². The highest BCUT2D eigenvalue weighted by molar-refractivity contribution is 5.75. The van der Waals surface area contributed by atoms with Crippen molar-refractivity contribution in [1.29, 1.82) is 5.26 Å². The summed E-state index contributed by atoms with van der Waals surface area (Å²) in [5, 5.41) is 9.17. The van der Waals surface area contributed by atoms with E-state index in [0.29, 0.717) is 5.56 Å². The molecule has 0 bridgehead atoms. The maximum absolute atomic E-state index is 12.5. The Labute approximate surface area is 218 Å². The van der Waals surface area contributed by atoms with Gasteiger partial charge in [0, 0.05) is 6.04 Å². The Morgan fingerprint density at radius 1 is 1.08 bits per heavy atom. The highest BCUT2D eigenvalue weighted by Crippen LogP contribution is 2.28. The van der Waals surface area contributed by atoms with Crippen molar-refractivity contribution >= 4 is 5.57 Å². The topological polar surface area (TPSA) is 27.0 Å². The van der Waals surface area contributed by atoms with Crippen molar-refractivity contribution < 1.29 is 4.39 Å². The fraction of sp³-hybridized carbons (Fsp3) is 0.364. The Kier molecular flexibility index (Phi) is 12.1. The smallest absolute Gasteiger partial charge is 0.123 e. The molecule has 36 heavy (non-hydrogen) atoms. The number of nitriles is 1. The van der Waals surface area contributed by atoms with Crippen LogP contribution in [0.5, 0.6) is 0 Å². The molecule has 0 aliphatic carbocycles. The monoisotopic (exact) mass is 484 g/mol. The van der Waals surface area contributed by atoms with Gasteiger partial charge >= 0.3 is 0 Å². The molecule has 1 atom stereocenters. The van der Waals surface area contributed by atoms with Crippen molar-refractivity contribution in [2.45, 2.75) is 65.8 Å². The first-order valence-electron chi connectivity index (χ1n) is 13.0. The number of aryl methyl sites for hydroxylation is 2. The molecule has 3 aromatic rings. The van der Waals surface area contributed by atoms with Gasteiger partial charge in [-0.15, -0.1) is 0 Å². The third-order valence-electron chi connectivity index (χ3n) is 6.71. The van der Waals surface area contributed by atoms with Gasteiger partial charge in [0.1, 0.15) is 5.82 Å². The van der Waals surface area contributed by atoms with Gasteiger partial charge in [-0.25, -0.2) is 4.39 Å². The molecule has 1 unspecified atom stereocenters. The largest absolute Gasteiger partial charge is 0.304 e. The number of allylic oxidation sites excluding steroid dienone is 1. The van der Waals surface area contributed by atoms with Crippen molar-refractivity contribution in [1.82, 2.24) is 4.90 Å². The van der Waals surface area contributed by atoms with E-state index in [0.717, 1.165) is 47.6 Å². The minimum absolute atomic E-state index is 0.133. The molecule has 190 valence electrons. The van der Waals surface area contributed by atoms with E-state index < -0.39 is 0 Å². The Morgan fingerprint density at radius 2 is 1.83 bits per heavy atom. The van der Waals surface area contributed by atoms with Crippen LogP contribution in [0.2, 0.25) is 0 Å². The number of nitrogens with zero attached hydrogens (tertiary/aromatic N) is 2. The lowest BCUT2D eigenvalue weighted by Crippen LogP contribution is -2.20. The van der Waals surface area contributed by atoms with E-state index in [4.69, 9.17) is 5.26 Å². The van der Waals surface area contributed by atoms with Gasteiger partial charge < -0.3 is 4.90 Å². The fourth-order valence-corrected chi connectivity index (χ4v) is 4.31. The zero-order valence-electron chi connectivity index (χ0n) is 22.7. The average Bonchev–Trinajstić information content (AvgIpc) is 3.26. The van der Waals surface area contributed by atoms with Crippen molar-refractivity contribution in [3.8, 4) is 17.2 Å². The van der Waals surface area contributed by atoms with E-state index in [1.807, 2.05) is 30.3 Å². The molecule has 3 aromatic carbocycles. The van der Waals surface area contributed by atoms with Gasteiger partial charge in [-0.05, 0) is 105 Å². The molecule has 4 rings (SSSR count). The lowest BCUT2D eigenvalue weighted by atomic mass is 9.93. The minimum Gasteiger partial charge on any atom is -0.304 e. The number of benzene rings is 3. The second-order valence-electron chi connectivity index (χ2n) is 9.50. The summed E-state index contributed by atoms with van der Waals surface area (Å²) in [5.41, 5.74) is 7.44. The summed E-state index contributed by atoms with van der Waals surface area (Å²) < 4.78 is 12.5. The molecule has 0 radical (unpaired) electrons. The standard InChI is InChI=1S/C18H17N.C9H11F.C6H13N/c1-4-13(2)17-10-9-15(11-14(17)3)18-8-6-5-7-16(18)12-19;1-2-4-8-5-3-6-9(10)7-8;1-6-4-3-5-7(6)2/h5-11H,2,4H2,1,3H3;3,5-7H,2,4H2,1H3;6H,3-5H2,1-2H3. The van der Waals surface area contributed by atoms with Crippen LogP contribution < -0.4 is 0 Å². The molecule has 0 saturated carbocycles. The third kappa shape index (κ3) is 8.77. The van der Waals surface area contributed by atoms with Gasteiger partial charge in [0.05, 0.1) is 11.6 Å². The van der Waals surface area contributed by atoms with Gasteiger partial charge in [0.25, 0.3) is 0 Å². The molecule has 1 fully saturated rings. The van der Waals surface area contributed by atoms with E-state index in [9.17, 15) is 4.39 Å². The van der Waals surface area contributed by atoms with Crippen LogP contribution >= 0.6 is 0 Å². The van der Waals surface area contributed by atoms with Crippen molar-refractivity contribution in [2.24, 2.45) is 0 Å². The van der Waals surface area contributed by atoms with Crippen LogP contribution in [0.15, 0.2) is 73.3 Å². The summed E-state index contributed by atoms with van der Waals surface area (Å²) in [6.45, 7) is 14.0. The Morgan fingerprint density at radius 3 is 2.36 bits per heavy atom. The van der Waals surface area contributed by atoms with Crippen molar-refractivity contribution in [3.05, 3.63) is 101 Å². The van der Waals surface area contributed by atoms with Gasteiger partial charge in [0.2, 0.25) is 0 Å². The molecule has 1 saturated heterocycles. The fourth-order valence-electron chi connectivity index (χ4n) is 4.31. The number of hydrogen-bond donors (Lipinski definition) is 0. The maximum Gasteiger partial charge on any atom is 0.123 e. The quantitative estimate of drug-likeness (QED) is 0.362. The zero-order valence-corrected chi connectivity index (χ0v) is 22.7. The molecule has 2 nitrogen and oxygen atoms in total. The summed E-state index contributed by atoms with van der Waals surface area (Å²) >= 11 is 0. The first kappa shape index (κ1) is 29.0. The van der Waals surface area contributed by atoms with E-state index in [1.54, 1.807) is 12.1 Å². The molecule has 1 aliphatic heterocycles. The summed E-state index contributed by atoms with van der Waals surface area (Å²) in [6, 6.07) is 23.8. The van der Waals surface area contributed by atoms with E-state index in [1.165, 1.54) is 36.6 Å². The predicted molar refractivity (Wildman–Crippen MR) is 152 cm³/mol. The van der Waals surface area contributed by atoms with Crippen LogP contribution in [0.4, 0.5) is 4.39 Å². The minimum atomic E-state index is -0.133. The molecule has 0 N–H and O–H groups in total. The van der Waals surface area contributed by atoms with E-state index in [2.05, 4.69) is 70.5 Å². The number of hydrogen-bond acceptors (Lipinski definition) is 2. The van der Waals surface area contributed by atoms with Gasteiger partial charge in [-0.3, -0.25) is 0 Å². The first-order chi connectivity index (χ1) is 17.3. The Balaban J connectivity index is 0.000000222. The highest BCUT2D eigenvalue weighted by Gasteiger charge is 2.14. The molecule has 1 heterocycles. The zero-order chi connectivity index (χ0) is 26.5. The molecule has 3 heteroatoms. The van der Waals surface area contributed by atoms with Crippen LogP contribution in [0.1, 0.15) is 68.7 Å². The molecule has 0 aromatic heterocycles. The molecular formula is C33H41FN2. The third-order valence-corrected chi connectivity index (χ3v) is 6.71. The average molecular weight is 485 g/mol. The van der Waals surface area contributed by atoms with E-state index in [-0.39, 0.29) is 5.82 Å². The molecule has 1 aliphatic rings. The Bertz CT molecular complexity index is 1150. The van der Waals surface area contributed by atoms with Crippen LogP contribution in [0, 0.1) is 24.1 Å². The summed E-state index contributed by atoms with van der Waals surface area (Å²) in [4.78, 5) is 2.40. The second kappa shape index (κ2) is 15.0. The van der Waals surface area contributed by atoms with Crippen LogP contribution in [-0.4, -0.2) is 24.5 Å². The number of halogens is 1. The van der Waals surface area contributed by atoms with Crippen LogP contribution in [-0.2, 0) is 6.42 Å². The summed E-state index contributed by atoms with van der Waals surface area (Å²) in [7, 11) is 2.19. The number of likely N-dealkylation sites (tertiary alicyclic amines) is 1. The Hall–Kier alpha value is -3.22. The van der Waals surface area contributed by atoms with Crippen molar-refractivity contribution in [2.75, 3.05) is 13.6 Å². The lowest BCUT2D eigenvalue weighted by molar-refractivity contribution is 0.331. The summed E-state index contributed by atoms with van der Waals surface area (Å²) in [5.74, 6) is -0.133. The number of rotatable bonds is 5. The normalized spacial score (nSPS) is 14.6. The van der Waals surface area contributed by atoms with Crippen LogP contribution in [0.25, 0.3) is 16.7 Å². The van der Waals surface area contributed by atoms with Gasteiger partial charge in [0.15, 0.2) is 0 Å². The molecular weight excluding hydrogens is 443 g/mol. The van der Waals surface area contributed by atoms with Gasteiger partial charge in [-0.2, -0.15) is 5.26 Å². The SMILES string of the molecule is C=C(CC)c1ccc(-c2ccccc2C#N)cc1C.CC1CCCN1C.CCCc1cccc(F)c1. The molecule has 0 spiro atoms. The maximum atomic E-state index is 12.5. The van der Waals surface area contributed by atoms with E-state index >= 15 is 0 Å². The lowest BCUT2D eigenvalue weighted by Gasteiger charge is -2.12. The second-order valence-corrected chi connectivity index (χ2v) is 9.50. The van der Waals surface area contributed by atoms with Crippen molar-refractivity contribution in [3.63, 3.8) is 0 Å². The first-order valence-corrected chi connectivity index (χ1v) is 13.0. The highest BCUT2D eigenvalue weighted by atomic mass is 19.1. The van der Waals surface area contributed by atoms with Crippen LogP contribution in [0.3, 0.4) is 0 Å². The predicted octanol–water partition coefficient (Wildman–Crippen LogP) is 8.84. The summed E-state index contributed by atoms with van der Waals surface area (Å²) in [6.07, 6.45) is 5.80. The molecule has 0 amide bonds.